The molecule has 1 unspecified atom stereocenters. The van der Waals surface area contributed by atoms with Gasteiger partial charge in [0.25, 0.3) is 10.0 Å². The van der Waals surface area contributed by atoms with Crippen LogP contribution >= 0.6 is 11.6 Å². The molecule has 0 saturated heterocycles. The predicted molar refractivity (Wildman–Crippen MR) is 163 cm³/mol. The Hall–Kier alpha value is -3.36. The van der Waals surface area contributed by atoms with Crippen LogP contribution in [0.3, 0.4) is 0 Å². The minimum atomic E-state index is -4.11. The summed E-state index contributed by atoms with van der Waals surface area (Å²) in [4.78, 5) is 29.0. The summed E-state index contributed by atoms with van der Waals surface area (Å²) in [5.41, 5.74) is 2.82. The van der Waals surface area contributed by atoms with Gasteiger partial charge in [0.05, 0.1) is 10.6 Å². The van der Waals surface area contributed by atoms with Crippen LogP contribution in [0.5, 0.6) is 0 Å². The molecule has 7 nitrogen and oxygen atoms in total. The molecule has 0 heterocycles. The van der Waals surface area contributed by atoms with Crippen LogP contribution in [-0.4, -0.2) is 43.8 Å². The molecule has 1 N–H and O–H groups in total. The van der Waals surface area contributed by atoms with E-state index >= 15 is 0 Å². The summed E-state index contributed by atoms with van der Waals surface area (Å²) < 4.78 is 29.0. The van der Waals surface area contributed by atoms with Crippen LogP contribution in [0.2, 0.25) is 5.02 Å². The van der Waals surface area contributed by atoms with Crippen molar-refractivity contribution < 1.29 is 18.0 Å². The van der Waals surface area contributed by atoms with Crippen LogP contribution in [0.15, 0.2) is 77.7 Å². The monoisotopic (exact) mass is 595 g/mol. The molecule has 9 heteroatoms. The first kappa shape index (κ1) is 30.6. The second kappa shape index (κ2) is 13.5. The summed E-state index contributed by atoms with van der Waals surface area (Å²) in [6, 6.07) is 19.9. The van der Waals surface area contributed by atoms with Crippen molar-refractivity contribution in [3.8, 4) is 0 Å². The lowest BCUT2D eigenvalue weighted by Gasteiger charge is -2.33. The van der Waals surface area contributed by atoms with Crippen LogP contribution in [0.25, 0.3) is 0 Å². The third-order valence-electron chi connectivity index (χ3n) is 7.59. The zero-order valence-corrected chi connectivity index (χ0v) is 25.4. The molecular weight excluding hydrogens is 558 g/mol. The molecule has 1 aliphatic rings. The fraction of sp³-hybridized carbons (Fsp3) is 0.375. The van der Waals surface area contributed by atoms with Gasteiger partial charge in [-0.3, -0.25) is 13.9 Å². The van der Waals surface area contributed by atoms with Gasteiger partial charge in [0.2, 0.25) is 11.8 Å². The van der Waals surface area contributed by atoms with Crippen LogP contribution < -0.4 is 9.62 Å². The molecule has 218 valence electrons. The molecule has 3 aromatic rings. The molecule has 1 fully saturated rings. The normalized spacial score (nSPS) is 14.7. The van der Waals surface area contributed by atoms with Gasteiger partial charge in [-0.1, -0.05) is 78.9 Å². The zero-order chi connectivity index (χ0) is 29.6. The molecule has 41 heavy (non-hydrogen) atoms. The van der Waals surface area contributed by atoms with E-state index in [4.69, 9.17) is 11.6 Å². The summed E-state index contributed by atoms with van der Waals surface area (Å²) in [7, 11) is -4.11. The number of carbonyl (C=O) groups is 2. The Balaban J connectivity index is 1.68. The van der Waals surface area contributed by atoms with Gasteiger partial charge in [-0.05, 0) is 75.1 Å². The molecule has 1 saturated carbocycles. The maximum Gasteiger partial charge on any atom is 0.264 e. The van der Waals surface area contributed by atoms with E-state index in [0.717, 1.165) is 47.5 Å². The van der Waals surface area contributed by atoms with Crippen LogP contribution in [0.1, 0.15) is 55.7 Å². The van der Waals surface area contributed by atoms with Crippen molar-refractivity contribution in [2.75, 3.05) is 10.8 Å². The summed E-state index contributed by atoms with van der Waals surface area (Å²) in [6.45, 7) is 5.00. The fourth-order valence-corrected chi connectivity index (χ4v) is 6.71. The van der Waals surface area contributed by atoms with Crippen molar-refractivity contribution >= 4 is 39.1 Å². The number of benzene rings is 3. The molecule has 0 aromatic heterocycles. The third-order valence-corrected chi connectivity index (χ3v) is 9.75. The first-order valence-corrected chi connectivity index (χ1v) is 15.9. The van der Waals surface area contributed by atoms with Crippen molar-refractivity contribution in [3.63, 3.8) is 0 Å². The van der Waals surface area contributed by atoms with Crippen molar-refractivity contribution in [1.82, 2.24) is 10.2 Å². The molecule has 0 aliphatic heterocycles. The zero-order valence-electron chi connectivity index (χ0n) is 23.8. The molecule has 4 rings (SSSR count). The summed E-state index contributed by atoms with van der Waals surface area (Å²) >= 11 is 6.45. The number of nitrogens with one attached hydrogen (secondary N) is 1. The molecule has 0 bridgehead atoms. The number of amides is 2. The number of hydrogen-bond acceptors (Lipinski definition) is 4. The molecule has 1 aliphatic carbocycles. The van der Waals surface area contributed by atoms with Crippen molar-refractivity contribution in [3.05, 3.63) is 94.5 Å². The minimum Gasteiger partial charge on any atom is -0.352 e. The van der Waals surface area contributed by atoms with Gasteiger partial charge in [-0.2, -0.15) is 0 Å². The highest BCUT2D eigenvalue weighted by Crippen LogP contribution is 2.26. The topological polar surface area (TPSA) is 86.8 Å². The number of nitrogens with zero attached hydrogens (tertiary/aromatic N) is 2. The van der Waals surface area contributed by atoms with Crippen LogP contribution in [0.4, 0.5) is 5.69 Å². The highest BCUT2D eigenvalue weighted by Gasteiger charge is 2.33. The lowest BCUT2D eigenvalue weighted by Crippen LogP contribution is -2.53. The molecule has 2 amide bonds. The second-order valence-corrected chi connectivity index (χ2v) is 13.1. The van der Waals surface area contributed by atoms with E-state index in [9.17, 15) is 18.0 Å². The first-order chi connectivity index (χ1) is 19.6. The van der Waals surface area contributed by atoms with E-state index in [0.29, 0.717) is 16.3 Å². The quantitative estimate of drug-likeness (QED) is 0.311. The smallest absolute Gasteiger partial charge is 0.264 e. The maximum atomic E-state index is 14.1. The number of hydrogen-bond donors (Lipinski definition) is 1. The van der Waals surface area contributed by atoms with E-state index in [1.165, 1.54) is 4.90 Å². The number of rotatable bonds is 10. The lowest BCUT2D eigenvalue weighted by atomic mass is 9.95. The van der Waals surface area contributed by atoms with E-state index in [1.54, 1.807) is 67.6 Å². The van der Waals surface area contributed by atoms with Gasteiger partial charge in [-0.25, -0.2) is 8.42 Å². The SMILES string of the molecule is Cc1ccc(S(=O)(=O)N(CC(=O)N(Cc2ccccc2Cl)C(C)C(=O)NC2CCCCC2)c2cccc(C)c2)cc1. The third kappa shape index (κ3) is 7.68. The fourth-order valence-electron chi connectivity index (χ4n) is 5.11. The standard InChI is InChI=1S/C32H38ClN3O4S/c1-23-16-18-29(19-17-23)41(39,40)36(28-14-9-10-24(2)20-28)22-31(37)35(21-26-11-7-8-15-30(26)33)25(3)32(38)34-27-12-5-4-6-13-27/h7-11,14-20,25,27H,4-6,12-13,21-22H2,1-3H3,(H,34,38). The summed E-state index contributed by atoms with van der Waals surface area (Å²) in [5.74, 6) is -0.769. The summed E-state index contributed by atoms with van der Waals surface area (Å²) in [6.07, 6.45) is 5.09. The van der Waals surface area contributed by atoms with Crippen molar-refractivity contribution in [2.24, 2.45) is 0 Å². The van der Waals surface area contributed by atoms with E-state index in [-0.39, 0.29) is 23.4 Å². The van der Waals surface area contributed by atoms with Gasteiger partial charge in [0.15, 0.2) is 0 Å². The summed E-state index contributed by atoms with van der Waals surface area (Å²) in [5, 5.41) is 3.58. The number of aryl methyl sites for hydroxylation is 2. The van der Waals surface area contributed by atoms with Gasteiger partial charge in [0, 0.05) is 17.6 Å². The second-order valence-electron chi connectivity index (χ2n) is 10.8. The van der Waals surface area contributed by atoms with Crippen molar-refractivity contribution in [1.29, 1.82) is 0 Å². The Morgan fingerprint density at radius 1 is 0.927 bits per heavy atom. The Kier molecular flexibility index (Phi) is 10.1. The molecular formula is C32H38ClN3O4S. The van der Waals surface area contributed by atoms with Crippen LogP contribution in [0, 0.1) is 13.8 Å². The van der Waals surface area contributed by atoms with Gasteiger partial charge < -0.3 is 10.2 Å². The number of anilines is 1. The highest BCUT2D eigenvalue weighted by atomic mass is 35.5. The molecule has 3 aromatic carbocycles. The number of halogens is 1. The Bertz CT molecular complexity index is 1470. The minimum absolute atomic E-state index is 0.0595. The van der Waals surface area contributed by atoms with Gasteiger partial charge in [-0.15, -0.1) is 0 Å². The van der Waals surface area contributed by atoms with Gasteiger partial charge in [0.1, 0.15) is 12.6 Å². The largest absolute Gasteiger partial charge is 0.352 e. The molecule has 0 spiro atoms. The number of sulfonamides is 1. The van der Waals surface area contributed by atoms with Crippen LogP contribution in [-0.2, 0) is 26.2 Å². The predicted octanol–water partition coefficient (Wildman–Crippen LogP) is 6.02. The van der Waals surface area contributed by atoms with E-state index in [2.05, 4.69) is 5.32 Å². The van der Waals surface area contributed by atoms with E-state index in [1.807, 2.05) is 26.0 Å². The molecule has 1 atom stereocenters. The number of carbonyl (C=O) groups excluding carboxylic acids is 2. The first-order valence-electron chi connectivity index (χ1n) is 14.1. The Labute approximate surface area is 248 Å². The van der Waals surface area contributed by atoms with Gasteiger partial charge >= 0.3 is 0 Å². The Morgan fingerprint density at radius 2 is 1.61 bits per heavy atom. The maximum absolute atomic E-state index is 14.1. The van der Waals surface area contributed by atoms with Crippen molar-refractivity contribution in [2.45, 2.75) is 76.4 Å². The molecule has 0 radical (unpaired) electrons. The Morgan fingerprint density at radius 3 is 2.27 bits per heavy atom. The highest BCUT2D eigenvalue weighted by molar-refractivity contribution is 7.92. The average molecular weight is 596 g/mol. The average Bonchev–Trinajstić information content (AvgIpc) is 2.95. The van der Waals surface area contributed by atoms with E-state index < -0.39 is 28.5 Å². The lowest BCUT2D eigenvalue weighted by molar-refractivity contribution is -0.139.